The summed E-state index contributed by atoms with van der Waals surface area (Å²) >= 11 is 0. The largest absolute Gasteiger partial charge is 0.497 e. The molecule has 0 aliphatic heterocycles. The molecule has 3 aromatic carbocycles. The molecule has 3 nitrogen and oxygen atoms in total. The molecule has 1 atom stereocenters. The highest BCUT2D eigenvalue weighted by Gasteiger charge is 2.41. The maximum absolute atomic E-state index is 12.8. The number of fused-ring (bicyclic) bond motifs is 2. The van der Waals surface area contributed by atoms with E-state index in [1.165, 1.54) is 10.9 Å². The summed E-state index contributed by atoms with van der Waals surface area (Å²) in [6, 6.07) is 24.7. The van der Waals surface area contributed by atoms with E-state index in [1.54, 1.807) is 7.11 Å². The van der Waals surface area contributed by atoms with Gasteiger partial charge in [-0.1, -0.05) is 55.5 Å². The maximum atomic E-state index is 12.8. The van der Waals surface area contributed by atoms with Crippen molar-refractivity contribution >= 4 is 16.7 Å². The number of rotatable bonds is 4. The van der Waals surface area contributed by atoms with Crippen LogP contribution in [0.3, 0.4) is 0 Å². The second-order valence-corrected chi connectivity index (χ2v) is 8.14. The molecule has 4 aromatic rings. The van der Waals surface area contributed by atoms with E-state index >= 15 is 0 Å². The van der Waals surface area contributed by atoms with E-state index in [9.17, 15) is 4.79 Å². The van der Waals surface area contributed by atoms with E-state index in [2.05, 4.69) is 60.4 Å². The van der Waals surface area contributed by atoms with E-state index in [0.29, 0.717) is 6.42 Å². The number of H-pyrrole nitrogens is 1. The Morgan fingerprint density at radius 1 is 1.00 bits per heavy atom. The normalized spacial score (nSPS) is 18.2. The van der Waals surface area contributed by atoms with Gasteiger partial charge in [-0.3, -0.25) is 4.79 Å². The number of aromatic nitrogens is 1. The van der Waals surface area contributed by atoms with Crippen molar-refractivity contribution in [2.24, 2.45) is 0 Å². The van der Waals surface area contributed by atoms with Crippen LogP contribution in [0.25, 0.3) is 22.2 Å². The number of nitrogens with one attached hydrogen (secondary N) is 1. The summed E-state index contributed by atoms with van der Waals surface area (Å²) in [5, 5.41) is 1.22. The lowest BCUT2D eigenvalue weighted by Gasteiger charge is -2.25. The molecule has 3 heteroatoms. The molecule has 144 valence electrons. The lowest BCUT2D eigenvalue weighted by molar-refractivity contribution is 0.0976. The molecular formula is C26H23NO2. The van der Waals surface area contributed by atoms with Crippen LogP contribution in [0.1, 0.15) is 34.8 Å². The molecule has 1 aliphatic carbocycles. The van der Waals surface area contributed by atoms with Gasteiger partial charge < -0.3 is 9.72 Å². The highest BCUT2D eigenvalue weighted by Crippen LogP contribution is 2.45. The number of Topliss-reactive ketones (excluding diaryl/α,β-unsaturated/α-hetero) is 1. The van der Waals surface area contributed by atoms with Gasteiger partial charge in [-0.2, -0.15) is 0 Å². The summed E-state index contributed by atoms with van der Waals surface area (Å²) in [4.78, 5) is 16.4. The number of hydrogen-bond acceptors (Lipinski definition) is 2. The minimum Gasteiger partial charge on any atom is -0.497 e. The van der Waals surface area contributed by atoms with Gasteiger partial charge in [-0.05, 0) is 47.4 Å². The first-order valence-corrected chi connectivity index (χ1v) is 9.96. The first kappa shape index (κ1) is 17.7. The Bertz CT molecular complexity index is 1220. The zero-order chi connectivity index (χ0) is 20.0. The standard InChI is InChI=1S/C26H23NO2/c1-26(16-24(28)20-13-12-18(29-2)14-22(20)26)15-21-19-10-6-7-11-23(19)27-25(21)17-8-4-3-5-9-17/h3-14,27H,15-16H2,1-2H3. The molecule has 0 fully saturated rings. The molecule has 5 rings (SSSR count). The predicted octanol–water partition coefficient (Wildman–Crippen LogP) is 5.93. The third-order valence-electron chi connectivity index (χ3n) is 6.17. The summed E-state index contributed by atoms with van der Waals surface area (Å²) in [6.45, 7) is 2.20. The molecule has 1 aliphatic rings. The average Bonchev–Trinajstić information content (AvgIpc) is 3.23. The Balaban J connectivity index is 1.68. The van der Waals surface area contributed by atoms with Crippen molar-refractivity contribution in [3.63, 3.8) is 0 Å². The van der Waals surface area contributed by atoms with Crippen molar-refractivity contribution in [1.82, 2.24) is 4.98 Å². The number of benzene rings is 3. The summed E-state index contributed by atoms with van der Waals surface area (Å²) in [5.74, 6) is 1.01. The SMILES string of the molecule is COc1ccc2c(c1)C(C)(Cc1c(-c3ccccc3)[nH]c3ccccc13)CC2=O. The Kier molecular flexibility index (Phi) is 4.06. The molecule has 0 bridgehead atoms. The predicted molar refractivity (Wildman–Crippen MR) is 117 cm³/mol. The number of methoxy groups -OCH3 is 1. The number of ether oxygens (including phenoxy) is 1. The van der Waals surface area contributed by atoms with Crippen LogP contribution in [0, 0.1) is 0 Å². The van der Waals surface area contributed by atoms with Crippen molar-refractivity contribution in [1.29, 1.82) is 0 Å². The maximum Gasteiger partial charge on any atom is 0.164 e. The molecule has 0 spiro atoms. The third-order valence-corrected chi connectivity index (χ3v) is 6.17. The molecule has 1 heterocycles. The minimum atomic E-state index is -0.268. The molecule has 29 heavy (non-hydrogen) atoms. The van der Waals surface area contributed by atoms with E-state index in [4.69, 9.17) is 4.74 Å². The first-order valence-electron chi connectivity index (χ1n) is 9.96. The average molecular weight is 381 g/mol. The van der Waals surface area contributed by atoms with Crippen molar-refractivity contribution < 1.29 is 9.53 Å². The summed E-state index contributed by atoms with van der Waals surface area (Å²) in [6.07, 6.45) is 1.30. The van der Waals surface area contributed by atoms with Crippen LogP contribution in [-0.4, -0.2) is 17.9 Å². The topological polar surface area (TPSA) is 42.1 Å². The Morgan fingerprint density at radius 3 is 2.55 bits per heavy atom. The van der Waals surface area contributed by atoms with Crippen molar-refractivity contribution in [2.75, 3.05) is 7.11 Å². The smallest absolute Gasteiger partial charge is 0.164 e. The number of carbonyl (C=O) groups excluding carboxylic acids is 1. The fourth-order valence-electron chi connectivity index (χ4n) is 4.72. The van der Waals surface area contributed by atoms with Gasteiger partial charge in [0.1, 0.15) is 5.75 Å². The van der Waals surface area contributed by atoms with Gasteiger partial charge in [0.05, 0.1) is 7.11 Å². The Hall–Kier alpha value is -3.33. The van der Waals surface area contributed by atoms with Crippen LogP contribution in [0.5, 0.6) is 5.75 Å². The first-order chi connectivity index (χ1) is 14.1. The van der Waals surface area contributed by atoms with E-state index in [0.717, 1.165) is 40.1 Å². The molecule has 0 radical (unpaired) electrons. The number of aromatic amines is 1. The second-order valence-electron chi connectivity index (χ2n) is 8.14. The zero-order valence-corrected chi connectivity index (χ0v) is 16.7. The van der Waals surface area contributed by atoms with Gasteiger partial charge in [-0.15, -0.1) is 0 Å². The van der Waals surface area contributed by atoms with E-state index in [-0.39, 0.29) is 11.2 Å². The molecular weight excluding hydrogens is 358 g/mol. The molecule has 0 amide bonds. The number of carbonyl (C=O) groups is 1. The van der Waals surface area contributed by atoms with Crippen LogP contribution in [-0.2, 0) is 11.8 Å². The van der Waals surface area contributed by atoms with E-state index in [1.807, 2.05) is 24.3 Å². The fraction of sp³-hybridized carbons (Fsp3) is 0.192. The van der Waals surface area contributed by atoms with Crippen LogP contribution in [0.4, 0.5) is 0 Å². The number of para-hydroxylation sites is 1. The fourth-order valence-corrected chi connectivity index (χ4v) is 4.72. The van der Waals surface area contributed by atoms with Gasteiger partial charge in [0.15, 0.2) is 5.78 Å². The zero-order valence-electron chi connectivity index (χ0n) is 16.7. The van der Waals surface area contributed by atoms with Crippen molar-refractivity contribution in [3.05, 3.63) is 89.5 Å². The van der Waals surface area contributed by atoms with Crippen molar-refractivity contribution in [2.45, 2.75) is 25.2 Å². The monoisotopic (exact) mass is 381 g/mol. The summed E-state index contributed by atoms with van der Waals surface area (Å²) < 4.78 is 5.45. The van der Waals surface area contributed by atoms with Crippen LogP contribution >= 0.6 is 0 Å². The molecule has 1 unspecified atom stereocenters. The minimum absolute atomic E-state index is 0.214. The van der Waals surface area contributed by atoms with Gasteiger partial charge in [0.2, 0.25) is 0 Å². The van der Waals surface area contributed by atoms with Gasteiger partial charge >= 0.3 is 0 Å². The lowest BCUT2D eigenvalue weighted by atomic mass is 9.77. The Labute approximate surface area is 170 Å². The Morgan fingerprint density at radius 2 is 1.76 bits per heavy atom. The van der Waals surface area contributed by atoms with Crippen LogP contribution in [0.15, 0.2) is 72.8 Å². The van der Waals surface area contributed by atoms with Crippen LogP contribution < -0.4 is 4.74 Å². The third kappa shape index (κ3) is 2.85. The molecule has 1 aromatic heterocycles. The quantitative estimate of drug-likeness (QED) is 0.476. The van der Waals surface area contributed by atoms with Gasteiger partial charge in [0.25, 0.3) is 0 Å². The molecule has 1 N–H and O–H groups in total. The van der Waals surface area contributed by atoms with E-state index < -0.39 is 0 Å². The van der Waals surface area contributed by atoms with Gasteiger partial charge in [0, 0.05) is 34.0 Å². The second kappa shape index (κ2) is 6.63. The van der Waals surface area contributed by atoms with Crippen molar-refractivity contribution in [3.8, 4) is 17.0 Å². The lowest BCUT2D eigenvalue weighted by Crippen LogP contribution is -2.22. The summed E-state index contributed by atoms with van der Waals surface area (Å²) in [5.41, 5.74) is 6.34. The highest BCUT2D eigenvalue weighted by molar-refractivity contribution is 6.02. The number of ketones is 1. The van der Waals surface area contributed by atoms with Gasteiger partial charge in [-0.25, -0.2) is 0 Å². The molecule has 0 saturated heterocycles. The van der Waals surface area contributed by atoms with Crippen LogP contribution in [0.2, 0.25) is 0 Å². The summed E-state index contributed by atoms with van der Waals surface area (Å²) in [7, 11) is 1.67. The highest BCUT2D eigenvalue weighted by atomic mass is 16.5. The molecule has 0 saturated carbocycles. The number of hydrogen-bond donors (Lipinski definition) is 1.